The molecule has 1 aliphatic heterocycles. The molecule has 0 aromatic heterocycles. The second-order valence-electron chi connectivity index (χ2n) is 10.6. The molecular weight excluding hydrogens is 670 g/mol. The second kappa shape index (κ2) is 15.2. The van der Waals surface area contributed by atoms with Crippen LogP contribution in [-0.2, 0) is 9.59 Å². The predicted octanol–water partition coefficient (Wildman–Crippen LogP) is 6.96. The first-order valence-electron chi connectivity index (χ1n) is 14.3. The largest absolute Gasteiger partial charge is 0.368 e. The van der Waals surface area contributed by atoms with Gasteiger partial charge in [-0.05, 0) is 60.7 Å². The Kier molecular flexibility index (Phi) is 11.1. The SMILES string of the molecule is O=CCN1CCN(CC(=O)Nc2ccc(Cl)cc2C(=O)c2ccccc2Cl)C(Nc2ccc(Cl)cc2C(=O)c2ccccc2Cl)C1. The van der Waals surface area contributed by atoms with Crippen LogP contribution < -0.4 is 10.6 Å². The van der Waals surface area contributed by atoms with Crippen LogP contribution in [-0.4, -0.2) is 72.4 Å². The molecule has 1 heterocycles. The van der Waals surface area contributed by atoms with Crippen molar-refractivity contribution in [2.75, 3.05) is 43.4 Å². The lowest BCUT2D eigenvalue weighted by atomic mass is 10.0. The summed E-state index contributed by atoms with van der Waals surface area (Å²) in [4.78, 5) is 55.7. The average molecular weight is 698 g/mol. The lowest BCUT2D eigenvalue weighted by molar-refractivity contribution is -0.119. The van der Waals surface area contributed by atoms with Crippen molar-refractivity contribution >= 4 is 81.5 Å². The lowest BCUT2D eigenvalue weighted by Crippen LogP contribution is -2.58. The zero-order chi connectivity index (χ0) is 32.8. The first-order valence-corrected chi connectivity index (χ1v) is 15.8. The third kappa shape index (κ3) is 7.96. The Hall–Kier alpha value is -3.76. The molecule has 1 aliphatic rings. The maximum atomic E-state index is 13.6. The van der Waals surface area contributed by atoms with Gasteiger partial charge in [-0.25, -0.2) is 0 Å². The average Bonchev–Trinajstić information content (AvgIpc) is 3.04. The zero-order valence-electron chi connectivity index (χ0n) is 24.3. The quantitative estimate of drug-likeness (QED) is 0.129. The smallest absolute Gasteiger partial charge is 0.238 e. The van der Waals surface area contributed by atoms with E-state index in [0.717, 1.165) is 6.29 Å². The van der Waals surface area contributed by atoms with Gasteiger partial charge in [0.05, 0.1) is 35.0 Å². The molecule has 12 heteroatoms. The lowest BCUT2D eigenvalue weighted by Gasteiger charge is -2.41. The van der Waals surface area contributed by atoms with E-state index in [1.54, 1.807) is 78.9 Å². The summed E-state index contributed by atoms with van der Waals surface area (Å²) in [5.41, 5.74) is 1.88. The van der Waals surface area contributed by atoms with Gasteiger partial charge >= 0.3 is 0 Å². The first-order chi connectivity index (χ1) is 22.1. The van der Waals surface area contributed by atoms with E-state index >= 15 is 0 Å². The first kappa shape index (κ1) is 33.6. The van der Waals surface area contributed by atoms with Crippen LogP contribution in [0.4, 0.5) is 11.4 Å². The van der Waals surface area contributed by atoms with Gasteiger partial charge in [0.15, 0.2) is 11.6 Å². The summed E-state index contributed by atoms with van der Waals surface area (Å²) in [5.74, 6) is -1.09. The van der Waals surface area contributed by atoms with Gasteiger partial charge in [0.25, 0.3) is 0 Å². The number of hydrogen-bond acceptors (Lipinski definition) is 7. The van der Waals surface area contributed by atoms with Crippen molar-refractivity contribution in [1.29, 1.82) is 0 Å². The fourth-order valence-electron chi connectivity index (χ4n) is 5.25. The number of ketones is 2. The maximum absolute atomic E-state index is 13.6. The van der Waals surface area contributed by atoms with Crippen molar-refractivity contribution in [3.8, 4) is 0 Å². The molecule has 0 aliphatic carbocycles. The number of hydrogen-bond donors (Lipinski definition) is 2. The van der Waals surface area contributed by atoms with Crippen molar-refractivity contribution < 1.29 is 19.2 Å². The van der Waals surface area contributed by atoms with E-state index in [1.807, 2.05) is 9.80 Å². The summed E-state index contributed by atoms with van der Waals surface area (Å²) >= 11 is 25.1. The summed E-state index contributed by atoms with van der Waals surface area (Å²) < 4.78 is 0. The van der Waals surface area contributed by atoms with Crippen molar-refractivity contribution in [2.24, 2.45) is 0 Å². The van der Waals surface area contributed by atoms with E-state index in [2.05, 4.69) is 10.6 Å². The summed E-state index contributed by atoms with van der Waals surface area (Å²) in [5, 5.41) is 7.54. The number of carbonyl (C=O) groups excluding carboxylic acids is 4. The summed E-state index contributed by atoms with van der Waals surface area (Å²) in [6.07, 6.45) is 0.347. The Bertz CT molecular complexity index is 1800. The number of aldehydes is 1. The molecule has 0 spiro atoms. The molecule has 2 N–H and O–H groups in total. The van der Waals surface area contributed by atoms with Crippen molar-refractivity contribution in [1.82, 2.24) is 9.80 Å². The number of nitrogens with zero attached hydrogens (tertiary/aromatic N) is 2. The molecule has 46 heavy (non-hydrogen) atoms. The van der Waals surface area contributed by atoms with E-state index in [4.69, 9.17) is 46.4 Å². The van der Waals surface area contributed by atoms with Crippen LogP contribution >= 0.6 is 46.4 Å². The Morgan fingerprint density at radius 1 is 0.717 bits per heavy atom. The highest BCUT2D eigenvalue weighted by Crippen LogP contribution is 2.29. The highest BCUT2D eigenvalue weighted by atomic mass is 35.5. The van der Waals surface area contributed by atoms with Gasteiger partial charge in [-0.15, -0.1) is 0 Å². The van der Waals surface area contributed by atoms with Crippen LogP contribution in [0.2, 0.25) is 20.1 Å². The van der Waals surface area contributed by atoms with Crippen LogP contribution in [0.3, 0.4) is 0 Å². The minimum absolute atomic E-state index is 0.0592. The minimum atomic E-state index is -0.479. The standard InChI is InChI=1S/C34H28Cl4N4O4/c35-21-9-11-29(25(17-21)33(45)23-5-1-3-7-27(23)37)39-31-19-41(15-16-43)13-14-42(31)20-32(44)40-30-12-10-22(36)18-26(30)34(46)24-6-2-4-8-28(24)38/h1-12,16-18,31,39H,13-15,19-20H2,(H,40,44). The Balaban J connectivity index is 1.39. The molecule has 1 saturated heterocycles. The highest BCUT2D eigenvalue weighted by molar-refractivity contribution is 6.36. The van der Waals surface area contributed by atoms with Gasteiger partial charge in [-0.3, -0.25) is 24.2 Å². The van der Waals surface area contributed by atoms with Crippen LogP contribution in [0.15, 0.2) is 84.9 Å². The van der Waals surface area contributed by atoms with E-state index in [-0.39, 0.29) is 52.4 Å². The minimum Gasteiger partial charge on any atom is -0.368 e. The Morgan fingerprint density at radius 2 is 1.26 bits per heavy atom. The van der Waals surface area contributed by atoms with Crippen LogP contribution in [0.25, 0.3) is 0 Å². The summed E-state index contributed by atoms with van der Waals surface area (Å²) in [6.45, 7) is 1.50. The molecule has 4 aromatic carbocycles. The second-order valence-corrected chi connectivity index (χ2v) is 12.3. The molecule has 236 valence electrons. The number of amides is 1. The number of piperazine rings is 1. The monoisotopic (exact) mass is 696 g/mol. The Labute approximate surface area is 286 Å². The molecule has 1 unspecified atom stereocenters. The Morgan fingerprint density at radius 3 is 1.83 bits per heavy atom. The number of halogens is 4. The van der Waals surface area contributed by atoms with E-state index in [1.165, 1.54) is 6.07 Å². The number of rotatable bonds is 11. The zero-order valence-corrected chi connectivity index (χ0v) is 27.3. The number of benzene rings is 4. The van der Waals surface area contributed by atoms with Crippen molar-refractivity contribution in [3.05, 3.63) is 127 Å². The van der Waals surface area contributed by atoms with Crippen LogP contribution in [0.1, 0.15) is 31.8 Å². The molecule has 0 bridgehead atoms. The maximum Gasteiger partial charge on any atom is 0.238 e. The van der Waals surface area contributed by atoms with Gasteiger partial charge in [-0.1, -0.05) is 70.7 Å². The number of carbonyl (C=O) groups is 4. The van der Waals surface area contributed by atoms with E-state index < -0.39 is 6.17 Å². The fraction of sp³-hybridized carbons (Fsp3) is 0.176. The predicted molar refractivity (Wildman–Crippen MR) is 183 cm³/mol. The van der Waals surface area contributed by atoms with Gasteiger partial charge in [0.2, 0.25) is 5.91 Å². The van der Waals surface area contributed by atoms with Gasteiger partial charge in [0.1, 0.15) is 6.29 Å². The van der Waals surface area contributed by atoms with Crippen LogP contribution in [0, 0.1) is 0 Å². The number of nitrogens with one attached hydrogen (secondary N) is 2. The fourth-order valence-corrected chi connectivity index (χ4v) is 6.04. The third-order valence-corrected chi connectivity index (χ3v) is 8.67. The normalized spacial score (nSPS) is 15.3. The summed E-state index contributed by atoms with van der Waals surface area (Å²) in [6, 6.07) is 23.0. The summed E-state index contributed by atoms with van der Waals surface area (Å²) in [7, 11) is 0. The number of anilines is 2. The molecule has 0 radical (unpaired) electrons. The molecule has 1 fully saturated rings. The van der Waals surface area contributed by atoms with Crippen molar-refractivity contribution in [3.63, 3.8) is 0 Å². The third-order valence-electron chi connectivity index (χ3n) is 7.54. The molecular formula is C34H28Cl4N4O4. The molecule has 5 rings (SSSR count). The van der Waals surface area contributed by atoms with Gasteiger partial charge in [-0.2, -0.15) is 0 Å². The molecule has 0 saturated carbocycles. The topological polar surface area (TPSA) is 98.8 Å². The highest BCUT2D eigenvalue weighted by Gasteiger charge is 2.30. The van der Waals surface area contributed by atoms with E-state index in [0.29, 0.717) is 51.5 Å². The molecule has 4 aromatic rings. The molecule has 1 amide bonds. The van der Waals surface area contributed by atoms with Crippen molar-refractivity contribution in [2.45, 2.75) is 6.17 Å². The molecule has 8 nitrogen and oxygen atoms in total. The van der Waals surface area contributed by atoms with Gasteiger partial charge < -0.3 is 15.4 Å². The van der Waals surface area contributed by atoms with E-state index in [9.17, 15) is 19.2 Å². The van der Waals surface area contributed by atoms with Gasteiger partial charge in [0, 0.05) is 57.6 Å². The van der Waals surface area contributed by atoms with Crippen LogP contribution in [0.5, 0.6) is 0 Å². The molecule has 1 atom stereocenters.